The number of halogens is 3. The molecule has 6 rings (SSSR count). The van der Waals surface area contributed by atoms with Crippen LogP contribution in [-0.2, 0) is 9.84 Å². The maximum atomic E-state index is 14.3. The summed E-state index contributed by atoms with van der Waals surface area (Å²) in [5.74, 6) is -2.78. The summed E-state index contributed by atoms with van der Waals surface area (Å²) < 4.78 is 71.0. The number of oxime groups is 1. The fourth-order valence-corrected chi connectivity index (χ4v) is 8.98. The second kappa shape index (κ2) is 10.9. The first-order valence-corrected chi connectivity index (χ1v) is 16.4. The number of sulfone groups is 1. The van der Waals surface area contributed by atoms with Gasteiger partial charge in [0.1, 0.15) is 17.2 Å². The van der Waals surface area contributed by atoms with Crippen LogP contribution < -0.4 is 4.90 Å². The number of hydrogen-bond acceptors (Lipinski definition) is 7. The van der Waals surface area contributed by atoms with E-state index in [0.29, 0.717) is 68.0 Å². The lowest BCUT2D eigenvalue weighted by atomic mass is 9.77. The zero-order valence-corrected chi connectivity index (χ0v) is 25.0. The van der Waals surface area contributed by atoms with Crippen LogP contribution in [0.25, 0.3) is 11.1 Å². The van der Waals surface area contributed by atoms with Gasteiger partial charge in [-0.05, 0) is 78.4 Å². The molecular formula is C31H32F3N3O3S2. The van der Waals surface area contributed by atoms with Gasteiger partial charge in [-0.25, -0.2) is 25.9 Å². The second-order valence-electron chi connectivity index (χ2n) is 12.0. The summed E-state index contributed by atoms with van der Waals surface area (Å²) in [6, 6.07) is 12.3. The van der Waals surface area contributed by atoms with E-state index in [9.17, 15) is 26.8 Å². The monoisotopic (exact) mass is 615 g/mol. The topological polar surface area (TPSA) is 73.2 Å². The van der Waals surface area contributed by atoms with Crippen molar-refractivity contribution in [3.8, 4) is 11.1 Å². The van der Waals surface area contributed by atoms with Crippen molar-refractivity contribution >= 4 is 33.2 Å². The molecule has 1 N–H and O–H groups in total. The third-order valence-electron chi connectivity index (χ3n) is 8.71. The minimum atomic E-state index is -3.53. The smallest absolute Gasteiger partial charge is 0.181 e. The van der Waals surface area contributed by atoms with Crippen molar-refractivity contribution in [1.82, 2.24) is 4.31 Å². The Morgan fingerprint density at radius 2 is 1.45 bits per heavy atom. The van der Waals surface area contributed by atoms with Crippen LogP contribution in [0, 0.1) is 22.9 Å². The Morgan fingerprint density at radius 1 is 0.857 bits per heavy atom. The van der Waals surface area contributed by atoms with Gasteiger partial charge < -0.3 is 10.1 Å². The lowest BCUT2D eigenvalue weighted by molar-refractivity contribution is 0.246. The van der Waals surface area contributed by atoms with E-state index in [1.807, 2.05) is 18.2 Å². The Balaban J connectivity index is 1.18. The van der Waals surface area contributed by atoms with E-state index in [2.05, 4.69) is 23.3 Å². The third kappa shape index (κ3) is 5.31. The average molecular weight is 616 g/mol. The van der Waals surface area contributed by atoms with Gasteiger partial charge in [-0.2, -0.15) is 0 Å². The molecule has 0 atom stereocenters. The number of benzene rings is 3. The van der Waals surface area contributed by atoms with Crippen LogP contribution in [0.4, 0.5) is 18.9 Å². The molecule has 2 aliphatic carbocycles. The van der Waals surface area contributed by atoms with Crippen LogP contribution in [0.3, 0.4) is 0 Å². The van der Waals surface area contributed by atoms with E-state index >= 15 is 0 Å². The SMILES string of the molecule is CC1(C)CCC(S(=O)(=O)c2ccc3c(c2)/C(=N\O)c2cc(SN4CCN(c5c(F)cc(F)cc5F)CC4)ccc2-3)CC1. The van der Waals surface area contributed by atoms with Gasteiger partial charge in [0.15, 0.2) is 21.5 Å². The molecule has 0 amide bonds. The predicted octanol–water partition coefficient (Wildman–Crippen LogP) is 6.88. The molecule has 3 aromatic rings. The minimum Gasteiger partial charge on any atom is -0.410 e. The molecule has 3 aromatic carbocycles. The predicted molar refractivity (Wildman–Crippen MR) is 158 cm³/mol. The summed E-state index contributed by atoms with van der Waals surface area (Å²) in [6.45, 7) is 6.10. The van der Waals surface area contributed by atoms with Gasteiger partial charge in [0.25, 0.3) is 0 Å². The van der Waals surface area contributed by atoms with Crippen molar-refractivity contribution < 1.29 is 26.8 Å². The normalized spacial score (nSPS) is 20.1. The van der Waals surface area contributed by atoms with E-state index in [4.69, 9.17) is 0 Å². The van der Waals surface area contributed by atoms with Gasteiger partial charge >= 0.3 is 0 Å². The highest BCUT2D eigenvalue weighted by molar-refractivity contribution is 7.97. The molecule has 1 aliphatic heterocycles. The summed E-state index contributed by atoms with van der Waals surface area (Å²) in [5.41, 5.74) is 3.24. The molecule has 0 spiro atoms. The fraction of sp³-hybridized carbons (Fsp3) is 0.387. The van der Waals surface area contributed by atoms with Crippen LogP contribution in [0.1, 0.15) is 50.7 Å². The highest BCUT2D eigenvalue weighted by atomic mass is 32.2. The molecule has 1 saturated carbocycles. The Labute approximate surface area is 248 Å². The van der Waals surface area contributed by atoms with E-state index in [0.717, 1.165) is 28.9 Å². The maximum absolute atomic E-state index is 14.3. The van der Waals surface area contributed by atoms with Crippen LogP contribution >= 0.6 is 11.9 Å². The fourth-order valence-electron chi connectivity index (χ4n) is 6.26. The number of fused-ring (bicyclic) bond motifs is 3. The van der Waals surface area contributed by atoms with Gasteiger partial charge in [0.05, 0.1) is 10.1 Å². The molecule has 222 valence electrons. The zero-order chi connectivity index (χ0) is 29.8. The first-order valence-electron chi connectivity index (χ1n) is 14.0. The van der Waals surface area contributed by atoms with Crippen molar-refractivity contribution in [3.05, 3.63) is 77.1 Å². The van der Waals surface area contributed by atoms with Crippen LogP contribution in [0.15, 0.2) is 63.5 Å². The summed E-state index contributed by atoms with van der Waals surface area (Å²) in [4.78, 5) is 2.71. The molecule has 11 heteroatoms. The van der Waals surface area contributed by atoms with Crippen LogP contribution in [0.5, 0.6) is 0 Å². The molecule has 0 radical (unpaired) electrons. The standard InChI is InChI=1S/C31H32F3N3O3S2/c1-31(2)9-7-21(8-10-31)42(39,40)22-4-6-24-23-5-3-20(17-25(23)29(35-38)26(24)18-22)41-37-13-11-36(12-14-37)30-27(33)15-19(32)16-28(30)34/h3-6,15-18,21,38H,7-14H2,1-2H3/b35-29-. The summed E-state index contributed by atoms with van der Waals surface area (Å²) in [6.07, 6.45) is 3.00. The van der Waals surface area contributed by atoms with Crippen molar-refractivity contribution in [3.63, 3.8) is 0 Å². The molecule has 0 unspecified atom stereocenters. The first-order chi connectivity index (χ1) is 20.0. The number of nitrogens with zero attached hydrogens (tertiary/aromatic N) is 3. The number of hydrogen-bond donors (Lipinski definition) is 1. The Kier molecular flexibility index (Phi) is 7.55. The molecular weight excluding hydrogens is 583 g/mol. The summed E-state index contributed by atoms with van der Waals surface area (Å²) in [5, 5.41) is 13.2. The zero-order valence-electron chi connectivity index (χ0n) is 23.4. The summed E-state index contributed by atoms with van der Waals surface area (Å²) in [7, 11) is -3.53. The maximum Gasteiger partial charge on any atom is 0.181 e. The molecule has 42 heavy (non-hydrogen) atoms. The molecule has 1 saturated heterocycles. The van der Waals surface area contributed by atoms with Crippen molar-refractivity contribution in [1.29, 1.82) is 0 Å². The highest BCUT2D eigenvalue weighted by Gasteiger charge is 2.36. The van der Waals surface area contributed by atoms with Crippen molar-refractivity contribution in [2.75, 3.05) is 31.1 Å². The second-order valence-corrected chi connectivity index (χ2v) is 15.4. The number of anilines is 1. The van der Waals surface area contributed by atoms with E-state index < -0.39 is 32.5 Å². The van der Waals surface area contributed by atoms with Gasteiger partial charge in [0.2, 0.25) is 0 Å². The van der Waals surface area contributed by atoms with E-state index in [1.54, 1.807) is 23.1 Å². The number of piperazine rings is 1. The van der Waals surface area contributed by atoms with E-state index in [-0.39, 0.29) is 16.0 Å². The lowest BCUT2D eigenvalue weighted by Gasteiger charge is -2.35. The Bertz CT molecular complexity index is 1650. The molecule has 2 fully saturated rings. The minimum absolute atomic E-state index is 0.157. The van der Waals surface area contributed by atoms with Crippen molar-refractivity contribution in [2.45, 2.75) is 54.6 Å². The van der Waals surface area contributed by atoms with E-state index in [1.165, 1.54) is 11.9 Å². The third-order valence-corrected chi connectivity index (χ3v) is 12.1. The molecule has 0 aromatic heterocycles. The van der Waals surface area contributed by atoms with Gasteiger partial charge in [-0.3, -0.25) is 0 Å². The van der Waals surface area contributed by atoms with Gasteiger partial charge in [0, 0.05) is 54.3 Å². The molecule has 6 nitrogen and oxygen atoms in total. The van der Waals surface area contributed by atoms with Crippen LogP contribution in [0.2, 0.25) is 0 Å². The Morgan fingerprint density at radius 3 is 2.07 bits per heavy atom. The highest BCUT2D eigenvalue weighted by Crippen LogP contribution is 2.43. The largest absolute Gasteiger partial charge is 0.410 e. The quantitative estimate of drug-likeness (QED) is 0.150. The van der Waals surface area contributed by atoms with Gasteiger partial charge in [-0.1, -0.05) is 31.1 Å². The molecule has 0 bridgehead atoms. The number of rotatable bonds is 5. The summed E-state index contributed by atoms with van der Waals surface area (Å²) >= 11 is 1.48. The molecule has 1 heterocycles. The lowest BCUT2D eigenvalue weighted by Crippen LogP contribution is -2.44. The van der Waals surface area contributed by atoms with Crippen molar-refractivity contribution in [2.24, 2.45) is 10.6 Å². The first kappa shape index (κ1) is 29.1. The van der Waals surface area contributed by atoms with Crippen LogP contribution in [-0.4, -0.2) is 55.1 Å². The van der Waals surface area contributed by atoms with Gasteiger partial charge in [-0.15, -0.1) is 0 Å². The average Bonchev–Trinajstić information content (AvgIpc) is 3.25. The Hall–Kier alpha value is -3.02. The molecule has 3 aliphatic rings.